The molecule has 8 nitrogen and oxygen atoms in total. The van der Waals surface area contributed by atoms with Gasteiger partial charge in [0.15, 0.2) is 6.61 Å². The zero-order valence-electron chi connectivity index (χ0n) is 14.5. The molecule has 8 heteroatoms. The maximum atomic E-state index is 12.5. The van der Waals surface area contributed by atoms with Gasteiger partial charge in [0, 0.05) is 12.4 Å². The van der Waals surface area contributed by atoms with Crippen molar-refractivity contribution < 1.29 is 9.53 Å². The lowest BCUT2D eigenvalue weighted by Gasteiger charge is -2.11. The number of amides is 1. The van der Waals surface area contributed by atoms with Crippen LogP contribution in [0, 0.1) is 0 Å². The summed E-state index contributed by atoms with van der Waals surface area (Å²) in [5.74, 6) is 0.375. The SMILES string of the molecule is CNC(=O)COc1ccccc1-n1nc2c(c1N)c(=O)[nH]c1ccccc12. The Morgan fingerprint density at radius 1 is 1.22 bits per heavy atom. The minimum atomic E-state index is -0.309. The van der Waals surface area contributed by atoms with Crippen LogP contribution in [-0.2, 0) is 4.79 Å². The summed E-state index contributed by atoms with van der Waals surface area (Å²) < 4.78 is 7.06. The number of nitrogens with two attached hydrogens (primary N) is 1. The fourth-order valence-corrected chi connectivity index (χ4v) is 2.98. The molecular formula is C19H17N5O3. The largest absolute Gasteiger partial charge is 0.482 e. The minimum Gasteiger partial charge on any atom is -0.482 e. The van der Waals surface area contributed by atoms with Crippen LogP contribution in [0.3, 0.4) is 0 Å². The van der Waals surface area contributed by atoms with Crippen LogP contribution in [0.4, 0.5) is 5.82 Å². The second-order valence-electron chi connectivity index (χ2n) is 5.95. The molecule has 0 bridgehead atoms. The second-order valence-corrected chi connectivity index (χ2v) is 5.95. The number of rotatable bonds is 4. The van der Waals surface area contributed by atoms with Gasteiger partial charge in [0.25, 0.3) is 11.5 Å². The Bertz CT molecular complexity index is 1230. The van der Waals surface area contributed by atoms with E-state index in [0.29, 0.717) is 27.9 Å². The van der Waals surface area contributed by atoms with Gasteiger partial charge in [-0.2, -0.15) is 5.10 Å². The van der Waals surface area contributed by atoms with E-state index in [0.717, 1.165) is 5.39 Å². The number of likely N-dealkylation sites (N-methyl/N-ethyl adjacent to an activating group) is 1. The number of nitrogen functional groups attached to an aromatic ring is 1. The average molecular weight is 363 g/mol. The maximum Gasteiger partial charge on any atom is 0.261 e. The molecule has 0 aliphatic rings. The number of carbonyl (C=O) groups is 1. The lowest BCUT2D eigenvalue weighted by molar-refractivity contribution is -0.122. The van der Waals surface area contributed by atoms with E-state index >= 15 is 0 Å². The van der Waals surface area contributed by atoms with Crippen LogP contribution in [-0.4, -0.2) is 34.3 Å². The van der Waals surface area contributed by atoms with Crippen molar-refractivity contribution in [3.63, 3.8) is 0 Å². The van der Waals surface area contributed by atoms with Crippen LogP contribution in [0.2, 0.25) is 0 Å². The summed E-state index contributed by atoms with van der Waals surface area (Å²) in [6.07, 6.45) is 0. The fraction of sp³-hybridized carbons (Fsp3) is 0.105. The minimum absolute atomic E-state index is 0.141. The molecule has 2 heterocycles. The molecule has 27 heavy (non-hydrogen) atoms. The van der Waals surface area contributed by atoms with Gasteiger partial charge in [0.05, 0.1) is 5.52 Å². The molecule has 0 atom stereocenters. The lowest BCUT2D eigenvalue weighted by Crippen LogP contribution is -2.25. The average Bonchev–Trinajstić information content (AvgIpc) is 3.04. The molecule has 0 aliphatic heterocycles. The van der Waals surface area contributed by atoms with Crippen molar-refractivity contribution in [3.05, 3.63) is 58.9 Å². The van der Waals surface area contributed by atoms with Crippen LogP contribution < -0.4 is 21.3 Å². The molecule has 0 fully saturated rings. The van der Waals surface area contributed by atoms with Crippen LogP contribution in [0.15, 0.2) is 53.3 Å². The summed E-state index contributed by atoms with van der Waals surface area (Å²) >= 11 is 0. The molecule has 2 aromatic heterocycles. The van der Waals surface area contributed by atoms with Gasteiger partial charge in [-0.05, 0) is 18.2 Å². The standard InChI is InChI=1S/C19H17N5O3/c1-21-15(25)10-27-14-9-5-4-8-13(14)24-18(20)16-17(23-24)11-6-2-3-7-12(11)22-19(16)26/h2-9H,10,20H2,1H3,(H,21,25)(H,22,26). The van der Waals surface area contributed by atoms with Gasteiger partial charge in [-0.1, -0.05) is 30.3 Å². The van der Waals surface area contributed by atoms with Crippen LogP contribution in [0.1, 0.15) is 0 Å². The van der Waals surface area contributed by atoms with E-state index in [4.69, 9.17) is 10.5 Å². The highest BCUT2D eigenvalue weighted by molar-refractivity contribution is 6.06. The van der Waals surface area contributed by atoms with E-state index in [-0.39, 0.29) is 23.9 Å². The molecule has 136 valence electrons. The number of hydrogen-bond donors (Lipinski definition) is 3. The van der Waals surface area contributed by atoms with Gasteiger partial charge in [-0.25, -0.2) is 4.68 Å². The van der Waals surface area contributed by atoms with Crippen molar-refractivity contribution in [2.24, 2.45) is 0 Å². The van der Waals surface area contributed by atoms with Gasteiger partial charge < -0.3 is 20.8 Å². The molecule has 0 saturated carbocycles. The molecule has 0 radical (unpaired) electrons. The monoisotopic (exact) mass is 363 g/mol. The third-order valence-electron chi connectivity index (χ3n) is 4.31. The Morgan fingerprint density at radius 2 is 1.96 bits per heavy atom. The van der Waals surface area contributed by atoms with Crippen molar-refractivity contribution >= 4 is 33.5 Å². The van der Waals surface area contributed by atoms with Crippen molar-refractivity contribution in [2.75, 3.05) is 19.4 Å². The van der Waals surface area contributed by atoms with Crippen molar-refractivity contribution in [1.82, 2.24) is 20.1 Å². The molecule has 4 N–H and O–H groups in total. The Morgan fingerprint density at radius 3 is 2.78 bits per heavy atom. The number of anilines is 1. The zero-order valence-corrected chi connectivity index (χ0v) is 14.5. The molecule has 0 aliphatic carbocycles. The van der Waals surface area contributed by atoms with Crippen LogP contribution >= 0.6 is 0 Å². The molecule has 2 aromatic carbocycles. The number of hydrogen-bond acceptors (Lipinski definition) is 5. The van der Waals surface area contributed by atoms with Crippen molar-refractivity contribution in [3.8, 4) is 11.4 Å². The maximum absolute atomic E-state index is 12.5. The van der Waals surface area contributed by atoms with Gasteiger partial charge >= 0.3 is 0 Å². The molecule has 0 saturated heterocycles. The number of ether oxygens (including phenoxy) is 1. The molecule has 4 rings (SSSR count). The molecule has 4 aromatic rings. The smallest absolute Gasteiger partial charge is 0.261 e. The van der Waals surface area contributed by atoms with Crippen molar-refractivity contribution in [2.45, 2.75) is 0 Å². The first kappa shape index (κ1) is 16.6. The van der Waals surface area contributed by atoms with E-state index in [1.54, 1.807) is 24.3 Å². The first-order chi connectivity index (χ1) is 13.1. The number of nitrogens with zero attached hydrogens (tertiary/aromatic N) is 2. The normalized spacial score (nSPS) is 11.0. The summed E-state index contributed by atoms with van der Waals surface area (Å²) in [6, 6.07) is 14.5. The highest BCUT2D eigenvalue weighted by Gasteiger charge is 2.18. The van der Waals surface area contributed by atoms with Gasteiger partial charge in [-0.15, -0.1) is 0 Å². The summed E-state index contributed by atoms with van der Waals surface area (Å²) in [5, 5.41) is 8.18. The highest BCUT2D eigenvalue weighted by atomic mass is 16.5. The summed E-state index contributed by atoms with van der Waals surface area (Å²) in [6.45, 7) is -0.141. The quantitative estimate of drug-likeness (QED) is 0.509. The first-order valence-electron chi connectivity index (χ1n) is 8.32. The number of benzene rings is 2. The first-order valence-corrected chi connectivity index (χ1v) is 8.32. The molecule has 0 unspecified atom stereocenters. The van der Waals surface area contributed by atoms with E-state index in [2.05, 4.69) is 15.4 Å². The number of aromatic amines is 1. The number of aromatic nitrogens is 3. The summed E-state index contributed by atoms with van der Waals surface area (Å²) in [7, 11) is 1.53. The number of H-pyrrole nitrogens is 1. The number of para-hydroxylation sites is 3. The third kappa shape index (κ3) is 2.77. The Hall–Kier alpha value is -3.81. The number of fused-ring (bicyclic) bond motifs is 3. The van der Waals surface area contributed by atoms with Gasteiger partial charge in [0.2, 0.25) is 0 Å². The third-order valence-corrected chi connectivity index (χ3v) is 4.31. The number of pyridine rings is 1. The summed E-state index contributed by atoms with van der Waals surface area (Å²) in [5.41, 5.74) is 7.68. The van der Waals surface area contributed by atoms with E-state index in [1.807, 2.05) is 24.3 Å². The summed E-state index contributed by atoms with van der Waals surface area (Å²) in [4.78, 5) is 26.9. The Kier molecular flexibility index (Phi) is 4.00. The zero-order chi connectivity index (χ0) is 19.0. The Labute approximate surface area is 153 Å². The second kappa shape index (κ2) is 6.49. The molecule has 0 spiro atoms. The van der Waals surface area contributed by atoms with E-state index in [1.165, 1.54) is 11.7 Å². The van der Waals surface area contributed by atoms with Crippen LogP contribution in [0.25, 0.3) is 27.5 Å². The number of nitrogens with one attached hydrogen (secondary N) is 2. The predicted molar refractivity (Wildman–Crippen MR) is 103 cm³/mol. The predicted octanol–water partition coefficient (Wildman–Crippen LogP) is 1.57. The lowest BCUT2D eigenvalue weighted by atomic mass is 10.1. The van der Waals surface area contributed by atoms with Crippen molar-refractivity contribution in [1.29, 1.82) is 0 Å². The highest BCUT2D eigenvalue weighted by Crippen LogP contribution is 2.30. The Balaban J connectivity index is 1.92. The van der Waals surface area contributed by atoms with E-state index < -0.39 is 0 Å². The molecule has 1 amide bonds. The fourth-order valence-electron chi connectivity index (χ4n) is 2.98. The van der Waals surface area contributed by atoms with Crippen LogP contribution in [0.5, 0.6) is 5.75 Å². The molecular weight excluding hydrogens is 346 g/mol. The van der Waals surface area contributed by atoms with Gasteiger partial charge in [-0.3, -0.25) is 9.59 Å². The van der Waals surface area contributed by atoms with E-state index in [9.17, 15) is 9.59 Å². The topological polar surface area (TPSA) is 115 Å². The number of carbonyl (C=O) groups excluding carboxylic acids is 1. The van der Waals surface area contributed by atoms with Gasteiger partial charge in [0.1, 0.15) is 28.2 Å².